The summed E-state index contributed by atoms with van der Waals surface area (Å²) in [5, 5.41) is 13.0. The van der Waals surface area contributed by atoms with Crippen LogP contribution in [-0.4, -0.2) is 0 Å². The second-order valence-electron chi connectivity index (χ2n) is 13.2. The zero-order valence-electron chi connectivity index (χ0n) is 27.0. The van der Waals surface area contributed by atoms with Gasteiger partial charge in [-0.1, -0.05) is 133 Å². The Balaban J connectivity index is 1.29. The zero-order chi connectivity index (χ0) is 32.8. The molecule has 9 aromatic carbocycles. The average molecular weight is 637 g/mol. The quantitative estimate of drug-likeness (QED) is 0.180. The summed E-state index contributed by atoms with van der Waals surface area (Å²) in [6, 6.07) is 58.9. The summed E-state index contributed by atoms with van der Waals surface area (Å²) < 4.78 is 12.7. The molecule has 0 saturated carbocycles. The van der Waals surface area contributed by atoms with E-state index in [1.165, 1.54) is 71.1 Å². The van der Waals surface area contributed by atoms with Crippen molar-refractivity contribution < 1.29 is 8.83 Å². The zero-order valence-corrected chi connectivity index (χ0v) is 27.0. The fourth-order valence-corrected chi connectivity index (χ4v) is 8.40. The second kappa shape index (κ2) is 10.4. The van der Waals surface area contributed by atoms with E-state index in [0.717, 1.165) is 38.3 Å². The van der Waals surface area contributed by atoms with E-state index in [4.69, 9.17) is 8.83 Å². The molecule has 0 bridgehead atoms. The molecule has 0 aliphatic heterocycles. The molecule has 232 valence electrons. The Bertz CT molecular complexity index is 3080. The van der Waals surface area contributed by atoms with Gasteiger partial charge in [0.05, 0.1) is 6.26 Å². The molecule has 50 heavy (non-hydrogen) atoms. The van der Waals surface area contributed by atoms with Gasteiger partial charge in [0.25, 0.3) is 0 Å². The van der Waals surface area contributed by atoms with Gasteiger partial charge in [0.1, 0.15) is 16.7 Å². The van der Waals surface area contributed by atoms with Gasteiger partial charge >= 0.3 is 0 Å². The van der Waals surface area contributed by atoms with Crippen LogP contribution in [0.15, 0.2) is 179 Å². The first-order valence-corrected chi connectivity index (χ1v) is 17.1. The Kier molecular flexibility index (Phi) is 5.70. The van der Waals surface area contributed by atoms with Gasteiger partial charge in [-0.05, 0) is 101 Å². The Labute approximate surface area is 287 Å². The van der Waals surface area contributed by atoms with Crippen LogP contribution in [0.5, 0.6) is 0 Å². The van der Waals surface area contributed by atoms with E-state index in [9.17, 15) is 0 Å². The maximum absolute atomic E-state index is 6.56. The number of rotatable bonds is 3. The lowest BCUT2D eigenvalue weighted by Gasteiger charge is -2.20. The van der Waals surface area contributed by atoms with Crippen molar-refractivity contribution in [1.29, 1.82) is 0 Å². The normalized spacial score (nSPS) is 12.0. The molecular weight excluding hydrogens is 609 g/mol. The fourth-order valence-electron chi connectivity index (χ4n) is 8.40. The van der Waals surface area contributed by atoms with Gasteiger partial charge in [0.15, 0.2) is 0 Å². The number of hydrogen-bond donors (Lipinski definition) is 0. The monoisotopic (exact) mass is 636 g/mol. The molecule has 0 unspecified atom stereocenters. The topological polar surface area (TPSA) is 26.3 Å². The van der Waals surface area contributed by atoms with Crippen molar-refractivity contribution >= 4 is 76.0 Å². The van der Waals surface area contributed by atoms with Crippen LogP contribution in [0, 0.1) is 0 Å². The van der Waals surface area contributed by atoms with Gasteiger partial charge in [-0.25, -0.2) is 0 Å². The molecule has 0 radical (unpaired) electrons. The molecule has 11 aromatic rings. The first-order valence-electron chi connectivity index (χ1n) is 17.1. The summed E-state index contributed by atoms with van der Waals surface area (Å²) in [7, 11) is 0. The van der Waals surface area contributed by atoms with Crippen molar-refractivity contribution in [2.45, 2.75) is 0 Å². The summed E-state index contributed by atoms with van der Waals surface area (Å²) in [6.07, 6.45) is 1.82. The SMILES string of the molecule is c1ccc(-c2ccc3c(-c4c5ccccc5c(-c5cccc6oc7ccc8ccccc8c7c56)c5ccccc45)c4ccoc4cc3c2)cc1. The molecule has 0 fully saturated rings. The van der Waals surface area contributed by atoms with Gasteiger partial charge in [0.2, 0.25) is 0 Å². The lowest BCUT2D eigenvalue weighted by Crippen LogP contribution is -1.93. The number of fused-ring (bicyclic) bond motifs is 9. The lowest BCUT2D eigenvalue weighted by molar-refractivity contribution is 0.616. The largest absolute Gasteiger partial charge is 0.464 e. The van der Waals surface area contributed by atoms with Crippen molar-refractivity contribution in [3.63, 3.8) is 0 Å². The third kappa shape index (κ3) is 3.85. The Hall–Kier alpha value is -6.64. The summed E-state index contributed by atoms with van der Waals surface area (Å²) in [4.78, 5) is 0. The molecule has 0 atom stereocenters. The number of hydrogen-bond acceptors (Lipinski definition) is 2. The minimum atomic E-state index is 0.886. The van der Waals surface area contributed by atoms with Crippen LogP contribution in [0.25, 0.3) is 109 Å². The van der Waals surface area contributed by atoms with Crippen molar-refractivity contribution in [3.05, 3.63) is 170 Å². The van der Waals surface area contributed by atoms with Gasteiger partial charge < -0.3 is 8.83 Å². The molecule has 0 amide bonds. The van der Waals surface area contributed by atoms with Crippen molar-refractivity contribution in [1.82, 2.24) is 0 Å². The molecule has 0 N–H and O–H groups in total. The van der Waals surface area contributed by atoms with Gasteiger partial charge in [-0.3, -0.25) is 0 Å². The summed E-state index contributed by atoms with van der Waals surface area (Å²) in [5.41, 5.74) is 9.89. The minimum absolute atomic E-state index is 0.886. The Morgan fingerprint density at radius 2 is 0.980 bits per heavy atom. The smallest absolute Gasteiger partial charge is 0.136 e. The van der Waals surface area contributed by atoms with E-state index < -0.39 is 0 Å². The lowest BCUT2D eigenvalue weighted by atomic mass is 9.82. The minimum Gasteiger partial charge on any atom is -0.464 e. The summed E-state index contributed by atoms with van der Waals surface area (Å²) in [5.74, 6) is 0. The summed E-state index contributed by atoms with van der Waals surface area (Å²) >= 11 is 0. The van der Waals surface area contributed by atoms with E-state index >= 15 is 0 Å². The fraction of sp³-hybridized carbons (Fsp3) is 0. The molecule has 0 aliphatic carbocycles. The third-order valence-electron chi connectivity index (χ3n) is 10.5. The van der Waals surface area contributed by atoms with Crippen LogP contribution in [0.3, 0.4) is 0 Å². The number of benzene rings is 9. The molecule has 0 aliphatic rings. The van der Waals surface area contributed by atoms with Gasteiger partial charge in [-0.2, -0.15) is 0 Å². The molecule has 2 heterocycles. The highest BCUT2D eigenvalue weighted by Gasteiger charge is 2.23. The molecule has 0 spiro atoms. The highest BCUT2D eigenvalue weighted by Crippen LogP contribution is 2.50. The van der Waals surface area contributed by atoms with Crippen LogP contribution < -0.4 is 0 Å². The van der Waals surface area contributed by atoms with Crippen LogP contribution >= 0.6 is 0 Å². The molecular formula is C48H28O2. The number of furan rings is 2. The molecule has 0 saturated heterocycles. The van der Waals surface area contributed by atoms with Crippen molar-refractivity contribution in [2.75, 3.05) is 0 Å². The van der Waals surface area contributed by atoms with Crippen LogP contribution in [0.4, 0.5) is 0 Å². The van der Waals surface area contributed by atoms with Crippen LogP contribution in [0.2, 0.25) is 0 Å². The third-order valence-corrected chi connectivity index (χ3v) is 10.5. The van der Waals surface area contributed by atoms with E-state index in [0.29, 0.717) is 0 Å². The molecule has 2 heteroatoms. The maximum Gasteiger partial charge on any atom is 0.136 e. The van der Waals surface area contributed by atoms with Crippen molar-refractivity contribution in [3.8, 4) is 33.4 Å². The second-order valence-corrected chi connectivity index (χ2v) is 13.2. The Morgan fingerprint density at radius 3 is 1.76 bits per heavy atom. The highest BCUT2D eigenvalue weighted by atomic mass is 16.3. The first kappa shape index (κ1) is 27.3. The van der Waals surface area contributed by atoms with Gasteiger partial charge in [-0.15, -0.1) is 0 Å². The van der Waals surface area contributed by atoms with Gasteiger partial charge in [0, 0.05) is 21.7 Å². The Morgan fingerprint density at radius 1 is 0.320 bits per heavy atom. The van der Waals surface area contributed by atoms with E-state index in [2.05, 4.69) is 164 Å². The molecule has 2 nitrogen and oxygen atoms in total. The van der Waals surface area contributed by atoms with E-state index in [-0.39, 0.29) is 0 Å². The van der Waals surface area contributed by atoms with E-state index in [1.807, 2.05) is 6.26 Å². The predicted molar refractivity (Wildman–Crippen MR) is 210 cm³/mol. The molecule has 2 aromatic heterocycles. The predicted octanol–water partition coefficient (Wildman–Crippen LogP) is 13.9. The standard InChI is InChI=1S/C48H28O2/c1-2-11-29(12-3-1)31-21-23-34-32(27-31)28-43-39(25-26-49-43)45(34)46-37-17-8-6-15-35(37)44(36-16-7-9-18-38(36)46)40-19-10-20-41-48(40)47-33-14-5-4-13-30(33)22-24-42(47)50-41/h1-28H. The summed E-state index contributed by atoms with van der Waals surface area (Å²) in [6.45, 7) is 0. The maximum atomic E-state index is 6.56. The highest BCUT2D eigenvalue weighted by molar-refractivity contribution is 6.31. The van der Waals surface area contributed by atoms with Crippen LogP contribution in [-0.2, 0) is 0 Å². The molecule has 11 rings (SSSR count). The average Bonchev–Trinajstić information content (AvgIpc) is 3.81. The van der Waals surface area contributed by atoms with Crippen molar-refractivity contribution in [2.24, 2.45) is 0 Å². The van der Waals surface area contributed by atoms with Crippen LogP contribution in [0.1, 0.15) is 0 Å². The van der Waals surface area contributed by atoms with E-state index in [1.54, 1.807) is 0 Å². The first-order chi connectivity index (χ1) is 24.8.